The highest BCUT2D eigenvalue weighted by Gasteiger charge is 2.13. The Morgan fingerprint density at radius 1 is 1.33 bits per heavy atom. The molecule has 6 heteroatoms. The predicted molar refractivity (Wildman–Crippen MR) is 78.7 cm³/mol. The first-order chi connectivity index (χ1) is 10.0. The van der Waals surface area contributed by atoms with Crippen LogP contribution in [-0.2, 0) is 27.3 Å². The first-order valence-electron chi connectivity index (χ1n) is 6.85. The summed E-state index contributed by atoms with van der Waals surface area (Å²) in [5, 5.41) is 11.6. The van der Waals surface area contributed by atoms with Gasteiger partial charge in [0.15, 0.2) is 0 Å². The number of carboxylic acid groups (broad SMARTS) is 1. The number of aliphatic carboxylic acids is 1. The Labute approximate surface area is 124 Å². The molecule has 1 unspecified atom stereocenters. The van der Waals surface area contributed by atoms with Crippen molar-refractivity contribution in [2.45, 2.75) is 31.8 Å². The average Bonchev–Trinajstić information content (AvgIpc) is 2.45. The number of amides is 1. The van der Waals surface area contributed by atoms with E-state index in [4.69, 9.17) is 15.6 Å². The molecule has 0 aliphatic rings. The standard InChI is InChI=1S/C15H22N2O4/c1-21-8-4-7-13(16)15(20)17-10-12-6-3-2-5-11(12)9-14(18)19/h2-3,5-6,13H,4,7-10,16H2,1H3,(H,17,20)(H,18,19). The second kappa shape index (κ2) is 9.10. The number of ether oxygens (including phenoxy) is 1. The molecule has 0 fully saturated rings. The van der Waals surface area contributed by atoms with Gasteiger partial charge in [-0.15, -0.1) is 0 Å². The Hall–Kier alpha value is -1.92. The molecule has 0 radical (unpaired) electrons. The third-order valence-corrected chi connectivity index (χ3v) is 3.11. The van der Waals surface area contributed by atoms with E-state index < -0.39 is 12.0 Å². The minimum Gasteiger partial charge on any atom is -0.481 e. The maximum Gasteiger partial charge on any atom is 0.307 e. The van der Waals surface area contributed by atoms with Crippen molar-refractivity contribution in [1.29, 1.82) is 0 Å². The van der Waals surface area contributed by atoms with Crippen LogP contribution >= 0.6 is 0 Å². The van der Waals surface area contributed by atoms with Crippen LogP contribution in [0.1, 0.15) is 24.0 Å². The number of methoxy groups -OCH3 is 1. The summed E-state index contributed by atoms with van der Waals surface area (Å²) in [5.41, 5.74) is 7.26. The molecule has 0 aliphatic carbocycles. The molecule has 0 heterocycles. The van der Waals surface area contributed by atoms with Gasteiger partial charge < -0.3 is 20.9 Å². The molecule has 0 aliphatic heterocycles. The van der Waals surface area contributed by atoms with Crippen LogP contribution in [0.15, 0.2) is 24.3 Å². The van der Waals surface area contributed by atoms with Crippen LogP contribution < -0.4 is 11.1 Å². The molecule has 1 aromatic carbocycles. The fourth-order valence-electron chi connectivity index (χ4n) is 1.96. The molecular formula is C15H22N2O4. The van der Waals surface area contributed by atoms with Gasteiger partial charge in [0.05, 0.1) is 12.5 Å². The van der Waals surface area contributed by atoms with Crippen LogP contribution in [0.3, 0.4) is 0 Å². The number of nitrogens with one attached hydrogen (secondary N) is 1. The topological polar surface area (TPSA) is 102 Å². The summed E-state index contributed by atoms with van der Waals surface area (Å²) in [5.74, 6) is -1.14. The summed E-state index contributed by atoms with van der Waals surface area (Å²) in [6.07, 6.45) is 1.21. The van der Waals surface area contributed by atoms with E-state index >= 15 is 0 Å². The Morgan fingerprint density at radius 2 is 2.00 bits per heavy atom. The fourth-order valence-corrected chi connectivity index (χ4v) is 1.96. The van der Waals surface area contributed by atoms with Gasteiger partial charge in [0, 0.05) is 20.3 Å². The molecule has 4 N–H and O–H groups in total. The van der Waals surface area contributed by atoms with Crippen LogP contribution in [-0.4, -0.2) is 36.7 Å². The normalized spacial score (nSPS) is 11.9. The van der Waals surface area contributed by atoms with Crippen molar-refractivity contribution in [2.75, 3.05) is 13.7 Å². The van der Waals surface area contributed by atoms with Gasteiger partial charge in [-0.1, -0.05) is 24.3 Å². The minimum absolute atomic E-state index is 0.0636. The molecule has 21 heavy (non-hydrogen) atoms. The number of rotatable bonds is 9. The van der Waals surface area contributed by atoms with Gasteiger partial charge >= 0.3 is 5.97 Å². The summed E-state index contributed by atoms with van der Waals surface area (Å²) in [6.45, 7) is 0.850. The van der Waals surface area contributed by atoms with E-state index in [1.807, 2.05) is 6.07 Å². The second-order valence-electron chi connectivity index (χ2n) is 4.80. The van der Waals surface area contributed by atoms with Crippen LogP contribution in [0, 0.1) is 0 Å². The van der Waals surface area contributed by atoms with E-state index in [9.17, 15) is 9.59 Å². The Balaban J connectivity index is 2.50. The summed E-state index contributed by atoms with van der Waals surface area (Å²) >= 11 is 0. The fraction of sp³-hybridized carbons (Fsp3) is 0.467. The number of hydrogen-bond acceptors (Lipinski definition) is 4. The van der Waals surface area contributed by atoms with Gasteiger partial charge in [0.2, 0.25) is 5.91 Å². The van der Waals surface area contributed by atoms with Crippen molar-refractivity contribution in [2.24, 2.45) is 5.73 Å². The van der Waals surface area contributed by atoms with Crippen LogP contribution in [0.5, 0.6) is 0 Å². The molecule has 0 saturated heterocycles. The van der Waals surface area contributed by atoms with Crippen LogP contribution in [0.2, 0.25) is 0 Å². The van der Waals surface area contributed by atoms with Crippen LogP contribution in [0.4, 0.5) is 0 Å². The summed E-state index contributed by atoms with van der Waals surface area (Å²) < 4.78 is 4.91. The van der Waals surface area contributed by atoms with Crippen molar-refractivity contribution >= 4 is 11.9 Å². The smallest absolute Gasteiger partial charge is 0.307 e. The Bertz CT molecular complexity index is 476. The molecule has 0 bridgehead atoms. The van der Waals surface area contributed by atoms with E-state index in [1.165, 1.54) is 0 Å². The van der Waals surface area contributed by atoms with Crippen LogP contribution in [0.25, 0.3) is 0 Å². The van der Waals surface area contributed by atoms with Gasteiger partial charge in [0.1, 0.15) is 0 Å². The van der Waals surface area contributed by atoms with Crippen molar-refractivity contribution < 1.29 is 19.4 Å². The SMILES string of the molecule is COCCCC(N)C(=O)NCc1ccccc1CC(=O)O. The zero-order valence-electron chi connectivity index (χ0n) is 12.2. The first kappa shape index (κ1) is 17.1. The van der Waals surface area contributed by atoms with E-state index in [-0.39, 0.29) is 18.9 Å². The lowest BCUT2D eigenvalue weighted by Crippen LogP contribution is -2.40. The van der Waals surface area contributed by atoms with E-state index in [2.05, 4.69) is 5.32 Å². The molecule has 1 atom stereocenters. The molecular weight excluding hydrogens is 272 g/mol. The third kappa shape index (κ3) is 6.37. The number of carbonyl (C=O) groups is 2. The number of carbonyl (C=O) groups excluding carboxylic acids is 1. The van der Waals surface area contributed by atoms with Gasteiger partial charge in [-0.05, 0) is 24.0 Å². The van der Waals surface area contributed by atoms with Gasteiger partial charge in [-0.3, -0.25) is 9.59 Å². The number of hydrogen-bond donors (Lipinski definition) is 3. The Morgan fingerprint density at radius 3 is 2.62 bits per heavy atom. The lowest BCUT2D eigenvalue weighted by atomic mass is 10.0. The highest BCUT2D eigenvalue weighted by Crippen LogP contribution is 2.09. The van der Waals surface area contributed by atoms with E-state index in [1.54, 1.807) is 25.3 Å². The lowest BCUT2D eigenvalue weighted by Gasteiger charge is -2.13. The number of benzene rings is 1. The van der Waals surface area contributed by atoms with E-state index in [0.29, 0.717) is 18.6 Å². The van der Waals surface area contributed by atoms with Gasteiger partial charge in [-0.25, -0.2) is 0 Å². The van der Waals surface area contributed by atoms with Crippen molar-refractivity contribution in [1.82, 2.24) is 5.32 Å². The molecule has 1 aromatic rings. The average molecular weight is 294 g/mol. The molecule has 6 nitrogen and oxygen atoms in total. The number of nitrogens with two attached hydrogens (primary N) is 1. The quantitative estimate of drug-likeness (QED) is 0.581. The van der Waals surface area contributed by atoms with Crippen molar-refractivity contribution in [3.63, 3.8) is 0 Å². The summed E-state index contributed by atoms with van der Waals surface area (Å²) in [6, 6.07) is 6.56. The molecule has 1 amide bonds. The first-order valence-corrected chi connectivity index (χ1v) is 6.85. The highest BCUT2D eigenvalue weighted by molar-refractivity contribution is 5.81. The number of carboxylic acids is 1. The summed E-state index contributed by atoms with van der Waals surface area (Å²) in [7, 11) is 1.60. The molecule has 0 aromatic heterocycles. The predicted octanol–water partition coefficient (Wildman–Crippen LogP) is 0.684. The zero-order chi connectivity index (χ0) is 15.7. The molecule has 0 saturated carbocycles. The third-order valence-electron chi connectivity index (χ3n) is 3.11. The van der Waals surface area contributed by atoms with Crippen molar-refractivity contribution in [3.05, 3.63) is 35.4 Å². The monoisotopic (exact) mass is 294 g/mol. The van der Waals surface area contributed by atoms with Crippen molar-refractivity contribution in [3.8, 4) is 0 Å². The summed E-state index contributed by atoms with van der Waals surface area (Å²) in [4.78, 5) is 22.6. The molecule has 116 valence electrons. The van der Waals surface area contributed by atoms with Gasteiger partial charge in [0.25, 0.3) is 0 Å². The second-order valence-corrected chi connectivity index (χ2v) is 4.80. The largest absolute Gasteiger partial charge is 0.481 e. The minimum atomic E-state index is -0.898. The van der Waals surface area contributed by atoms with Gasteiger partial charge in [-0.2, -0.15) is 0 Å². The highest BCUT2D eigenvalue weighted by atomic mass is 16.5. The van der Waals surface area contributed by atoms with E-state index in [0.717, 1.165) is 12.0 Å². The maximum absolute atomic E-state index is 11.9. The molecule has 0 spiro atoms. The zero-order valence-corrected chi connectivity index (χ0v) is 12.2. The Kier molecular flexibility index (Phi) is 7.42. The maximum atomic E-state index is 11.9. The molecule has 1 rings (SSSR count). The lowest BCUT2D eigenvalue weighted by molar-refractivity contribution is -0.136.